The van der Waals surface area contributed by atoms with Crippen molar-refractivity contribution >= 4 is 69.5 Å². The molecule has 6 nitrogen and oxygen atoms in total. The van der Waals surface area contributed by atoms with Crippen LogP contribution >= 0.6 is 46.3 Å². The first kappa shape index (κ1) is 22.4. The van der Waals surface area contributed by atoms with Gasteiger partial charge in [-0.1, -0.05) is 41.0 Å². The van der Waals surface area contributed by atoms with Crippen molar-refractivity contribution in [1.29, 1.82) is 0 Å². The highest BCUT2D eigenvalue weighted by molar-refractivity contribution is 8.01. The number of benzene rings is 2. The number of amides is 2. The predicted octanol–water partition coefficient (Wildman–Crippen LogP) is 5.37. The molecule has 0 radical (unpaired) electrons. The zero-order chi connectivity index (χ0) is 21.5. The summed E-state index contributed by atoms with van der Waals surface area (Å²) in [7, 11) is 1.57. The van der Waals surface area contributed by atoms with E-state index in [1.165, 1.54) is 23.1 Å². The third-order valence-corrected chi connectivity index (χ3v) is 6.56. The van der Waals surface area contributed by atoms with Crippen LogP contribution in [0.5, 0.6) is 5.75 Å². The molecule has 156 valence electrons. The van der Waals surface area contributed by atoms with E-state index in [2.05, 4.69) is 15.6 Å². The number of aromatic nitrogens is 1. The number of nitrogens with zero attached hydrogens (tertiary/aromatic N) is 1. The van der Waals surface area contributed by atoms with E-state index >= 15 is 0 Å². The van der Waals surface area contributed by atoms with Crippen molar-refractivity contribution in [3.63, 3.8) is 0 Å². The summed E-state index contributed by atoms with van der Waals surface area (Å²) >= 11 is 14.5. The standard InChI is InChI=1S/C20H17Cl2N3O3S2/c1-28-15-4-2-3-12(7-15)24-19(27)11-30-20-25-14(10-29-20)9-18(26)23-13-5-6-16(21)17(22)8-13/h2-8,10H,9,11H2,1H3,(H,23,26)(H,24,27). The smallest absolute Gasteiger partial charge is 0.234 e. The van der Waals surface area contributed by atoms with E-state index in [0.29, 0.717) is 37.2 Å². The minimum atomic E-state index is -0.217. The van der Waals surface area contributed by atoms with Gasteiger partial charge in [0.1, 0.15) is 5.75 Å². The maximum Gasteiger partial charge on any atom is 0.234 e. The van der Waals surface area contributed by atoms with Crippen LogP contribution in [0.3, 0.4) is 0 Å². The Morgan fingerprint density at radius 1 is 1.07 bits per heavy atom. The highest BCUT2D eigenvalue weighted by Gasteiger charge is 2.11. The van der Waals surface area contributed by atoms with E-state index in [0.717, 1.165) is 0 Å². The van der Waals surface area contributed by atoms with Crippen molar-refractivity contribution in [3.05, 3.63) is 63.6 Å². The zero-order valence-electron chi connectivity index (χ0n) is 15.8. The summed E-state index contributed by atoms with van der Waals surface area (Å²) in [6.45, 7) is 0. The number of hydrogen-bond acceptors (Lipinski definition) is 6. The lowest BCUT2D eigenvalue weighted by atomic mass is 10.3. The van der Waals surface area contributed by atoms with Gasteiger partial charge >= 0.3 is 0 Å². The van der Waals surface area contributed by atoms with Gasteiger partial charge in [0.05, 0.1) is 35.0 Å². The lowest BCUT2D eigenvalue weighted by Gasteiger charge is -2.06. The van der Waals surface area contributed by atoms with E-state index in [1.807, 2.05) is 0 Å². The first-order chi connectivity index (χ1) is 14.4. The van der Waals surface area contributed by atoms with Crippen LogP contribution in [-0.2, 0) is 16.0 Å². The number of thiazole rings is 1. The fraction of sp³-hybridized carbons (Fsp3) is 0.150. The molecule has 2 N–H and O–H groups in total. The van der Waals surface area contributed by atoms with Crippen molar-refractivity contribution in [3.8, 4) is 5.75 Å². The quantitative estimate of drug-likeness (QED) is 0.422. The Hall–Kier alpha value is -2.26. The minimum Gasteiger partial charge on any atom is -0.497 e. The van der Waals surface area contributed by atoms with E-state index in [-0.39, 0.29) is 24.0 Å². The molecule has 0 aliphatic rings. The zero-order valence-corrected chi connectivity index (χ0v) is 18.9. The van der Waals surface area contributed by atoms with Crippen LogP contribution in [0.25, 0.3) is 0 Å². The summed E-state index contributed by atoms with van der Waals surface area (Å²) in [5, 5.41) is 8.16. The van der Waals surface area contributed by atoms with Crippen molar-refractivity contribution < 1.29 is 14.3 Å². The Bertz CT molecular complexity index is 1060. The lowest BCUT2D eigenvalue weighted by Crippen LogP contribution is -2.15. The molecule has 3 rings (SSSR count). The second-order valence-corrected chi connectivity index (χ2v) is 8.92. The van der Waals surface area contributed by atoms with Crippen molar-refractivity contribution in [2.24, 2.45) is 0 Å². The second kappa shape index (κ2) is 10.7. The summed E-state index contributed by atoms with van der Waals surface area (Å²) in [6.07, 6.45) is 0.118. The highest BCUT2D eigenvalue weighted by Crippen LogP contribution is 2.26. The molecular formula is C20H17Cl2N3O3S2. The number of ether oxygens (including phenoxy) is 1. The summed E-state index contributed by atoms with van der Waals surface area (Å²) in [5.41, 5.74) is 1.86. The van der Waals surface area contributed by atoms with E-state index < -0.39 is 0 Å². The molecule has 1 heterocycles. The molecule has 10 heteroatoms. The normalized spacial score (nSPS) is 10.5. The van der Waals surface area contributed by atoms with Crippen molar-refractivity contribution in [2.45, 2.75) is 10.8 Å². The average molecular weight is 482 g/mol. The van der Waals surface area contributed by atoms with Crippen LogP contribution in [0.15, 0.2) is 52.2 Å². The van der Waals surface area contributed by atoms with Crippen molar-refractivity contribution in [1.82, 2.24) is 4.98 Å². The Labute approximate surface area is 191 Å². The monoisotopic (exact) mass is 481 g/mol. The van der Waals surface area contributed by atoms with Gasteiger partial charge in [0.15, 0.2) is 4.34 Å². The molecule has 0 saturated carbocycles. The maximum atomic E-state index is 12.2. The maximum absolute atomic E-state index is 12.2. The number of anilines is 2. The summed E-state index contributed by atoms with van der Waals surface area (Å²) in [5.74, 6) is 0.511. The Morgan fingerprint density at radius 3 is 2.60 bits per heavy atom. The minimum absolute atomic E-state index is 0.118. The van der Waals surface area contributed by atoms with E-state index in [4.69, 9.17) is 27.9 Å². The fourth-order valence-electron chi connectivity index (χ4n) is 2.40. The SMILES string of the molecule is COc1cccc(NC(=O)CSc2nc(CC(=O)Nc3ccc(Cl)c(Cl)c3)cs2)c1. The van der Waals surface area contributed by atoms with Gasteiger partial charge in [0.2, 0.25) is 11.8 Å². The number of carbonyl (C=O) groups excluding carboxylic acids is 2. The van der Waals surface area contributed by atoms with Gasteiger partial charge in [-0.05, 0) is 30.3 Å². The molecule has 0 bridgehead atoms. The molecule has 0 spiro atoms. The molecule has 2 amide bonds. The highest BCUT2D eigenvalue weighted by atomic mass is 35.5. The van der Waals surface area contributed by atoms with Crippen LogP contribution in [-0.4, -0.2) is 29.7 Å². The number of thioether (sulfide) groups is 1. The lowest BCUT2D eigenvalue weighted by molar-refractivity contribution is -0.116. The van der Waals surface area contributed by atoms with Crippen LogP contribution in [0.2, 0.25) is 10.0 Å². The van der Waals surface area contributed by atoms with Gasteiger partial charge in [-0.3, -0.25) is 9.59 Å². The van der Waals surface area contributed by atoms with Gasteiger partial charge in [-0.15, -0.1) is 11.3 Å². The number of halogens is 2. The topological polar surface area (TPSA) is 80.3 Å². The molecule has 2 aromatic carbocycles. The van der Waals surface area contributed by atoms with Gasteiger partial charge in [-0.2, -0.15) is 0 Å². The Morgan fingerprint density at radius 2 is 1.83 bits per heavy atom. The Balaban J connectivity index is 1.47. The van der Waals surface area contributed by atoms with Gasteiger partial charge < -0.3 is 15.4 Å². The summed E-state index contributed by atoms with van der Waals surface area (Å²) in [6, 6.07) is 12.0. The van der Waals surface area contributed by atoms with Crippen LogP contribution in [0, 0.1) is 0 Å². The van der Waals surface area contributed by atoms with Crippen LogP contribution in [0.1, 0.15) is 5.69 Å². The first-order valence-electron chi connectivity index (χ1n) is 8.69. The average Bonchev–Trinajstić information content (AvgIpc) is 3.16. The molecule has 0 aliphatic heterocycles. The third-order valence-electron chi connectivity index (χ3n) is 3.76. The largest absolute Gasteiger partial charge is 0.497 e. The third kappa shape index (κ3) is 6.63. The number of hydrogen-bond donors (Lipinski definition) is 2. The fourth-order valence-corrected chi connectivity index (χ4v) is 4.35. The first-order valence-corrected chi connectivity index (χ1v) is 11.3. The number of methoxy groups -OCH3 is 1. The molecule has 1 aromatic heterocycles. The molecule has 3 aromatic rings. The summed E-state index contributed by atoms with van der Waals surface area (Å²) < 4.78 is 5.85. The van der Waals surface area contributed by atoms with Gasteiger partial charge in [0.25, 0.3) is 0 Å². The summed E-state index contributed by atoms with van der Waals surface area (Å²) in [4.78, 5) is 28.8. The molecule has 0 atom stereocenters. The second-order valence-electron chi connectivity index (χ2n) is 6.03. The molecular weight excluding hydrogens is 465 g/mol. The number of rotatable bonds is 8. The van der Waals surface area contributed by atoms with E-state index in [1.54, 1.807) is 55.0 Å². The molecule has 0 aliphatic carbocycles. The number of carbonyl (C=O) groups is 2. The van der Waals surface area contributed by atoms with Crippen molar-refractivity contribution in [2.75, 3.05) is 23.5 Å². The van der Waals surface area contributed by atoms with Crippen LogP contribution in [0.4, 0.5) is 11.4 Å². The number of nitrogens with one attached hydrogen (secondary N) is 2. The molecule has 0 unspecified atom stereocenters. The van der Waals surface area contributed by atoms with Gasteiger partial charge in [-0.25, -0.2) is 4.98 Å². The molecule has 30 heavy (non-hydrogen) atoms. The molecule has 0 fully saturated rings. The molecule has 0 saturated heterocycles. The van der Waals surface area contributed by atoms with Crippen LogP contribution < -0.4 is 15.4 Å². The predicted molar refractivity (Wildman–Crippen MR) is 123 cm³/mol. The van der Waals surface area contributed by atoms with E-state index in [9.17, 15) is 9.59 Å². The Kier molecular flexibility index (Phi) is 7.98. The van der Waals surface area contributed by atoms with Gasteiger partial charge in [0, 0.05) is 22.8 Å².